The van der Waals surface area contributed by atoms with Crippen molar-refractivity contribution < 1.29 is 0 Å². The predicted octanol–water partition coefficient (Wildman–Crippen LogP) is 2.66. The van der Waals surface area contributed by atoms with Crippen LogP contribution in [-0.4, -0.2) is 13.1 Å². The number of benzene rings is 1. The maximum atomic E-state index is 6.01. The van der Waals surface area contributed by atoms with E-state index in [9.17, 15) is 0 Å². The number of hydrogen-bond donors (Lipinski definition) is 2. The summed E-state index contributed by atoms with van der Waals surface area (Å²) in [6.07, 6.45) is 2.51. The lowest BCUT2D eigenvalue weighted by molar-refractivity contribution is 0.458. The van der Waals surface area contributed by atoms with Crippen molar-refractivity contribution >= 4 is 5.69 Å². The molecule has 0 spiro atoms. The largest absolute Gasteiger partial charge is 0.398 e. The summed E-state index contributed by atoms with van der Waals surface area (Å²) in [5.74, 6) is 0.723. The van der Waals surface area contributed by atoms with E-state index in [0.29, 0.717) is 0 Å². The molecule has 0 saturated carbocycles. The second kappa shape index (κ2) is 4.46. The topological polar surface area (TPSA) is 38.0 Å². The Morgan fingerprint density at radius 1 is 1.12 bits per heavy atom. The molecule has 1 fully saturated rings. The first kappa shape index (κ1) is 11.5. The van der Waals surface area contributed by atoms with Crippen LogP contribution in [0.15, 0.2) is 6.07 Å². The minimum atomic E-state index is 0.723. The first-order chi connectivity index (χ1) is 7.61. The summed E-state index contributed by atoms with van der Waals surface area (Å²) < 4.78 is 0. The minimum absolute atomic E-state index is 0.723. The first-order valence-electron chi connectivity index (χ1n) is 6.18. The number of rotatable bonds is 1. The zero-order chi connectivity index (χ0) is 11.7. The van der Waals surface area contributed by atoms with E-state index < -0.39 is 0 Å². The molecular formula is C14H22N2. The number of aryl methyl sites for hydroxylation is 1. The van der Waals surface area contributed by atoms with Gasteiger partial charge in [-0.25, -0.2) is 0 Å². The van der Waals surface area contributed by atoms with Crippen LogP contribution in [-0.2, 0) is 0 Å². The van der Waals surface area contributed by atoms with Gasteiger partial charge in [-0.15, -0.1) is 0 Å². The smallest absolute Gasteiger partial charge is 0.0349 e. The number of nitrogen functional groups attached to an aromatic ring is 1. The van der Waals surface area contributed by atoms with Crippen LogP contribution in [0.1, 0.15) is 41.0 Å². The minimum Gasteiger partial charge on any atom is -0.398 e. The van der Waals surface area contributed by atoms with Crippen molar-refractivity contribution in [3.05, 3.63) is 28.3 Å². The molecule has 1 saturated heterocycles. The van der Waals surface area contributed by atoms with Gasteiger partial charge in [-0.1, -0.05) is 0 Å². The van der Waals surface area contributed by atoms with Crippen molar-refractivity contribution in [3.63, 3.8) is 0 Å². The summed E-state index contributed by atoms with van der Waals surface area (Å²) >= 11 is 0. The average molecular weight is 218 g/mol. The van der Waals surface area contributed by atoms with E-state index in [1.807, 2.05) is 0 Å². The van der Waals surface area contributed by atoms with Gasteiger partial charge in [-0.2, -0.15) is 0 Å². The number of nitrogens with one attached hydrogen (secondary N) is 1. The Balaban J connectivity index is 2.42. The molecular weight excluding hydrogens is 196 g/mol. The van der Waals surface area contributed by atoms with E-state index in [1.165, 1.54) is 29.5 Å². The van der Waals surface area contributed by atoms with Crippen molar-refractivity contribution in [2.24, 2.45) is 0 Å². The molecule has 1 aromatic carbocycles. The van der Waals surface area contributed by atoms with Gasteiger partial charge in [0.25, 0.3) is 0 Å². The van der Waals surface area contributed by atoms with Gasteiger partial charge in [0.05, 0.1) is 0 Å². The molecule has 3 N–H and O–H groups in total. The fourth-order valence-electron chi connectivity index (χ4n) is 2.87. The molecule has 2 heteroatoms. The van der Waals surface area contributed by atoms with Crippen LogP contribution in [0, 0.1) is 20.8 Å². The van der Waals surface area contributed by atoms with E-state index >= 15 is 0 Å². The Morgan fingerprint density at radius 3 is 2.38 bits per heavy atom. The van der Waals surface area contributed by atoms with Crippen molar-refractivity contribution in [1.29, 1.82) is 0 Å². The first-order valence-corrected chi connectivity index (χ1v) is 6.18. The molecule has 16 heavy (non-hydrogen) atoms. The van der Waals surface area contributed by atoms with Crippen LogP contribution in [0.25, 0.3) is 0 Å². The quantitative estimate of drug-likeness (QED) is 0.711. The van der Waals surface area contributed by atoms with Crippen LogP contribution >= 0.6 is 0 Å². The summed E-state index contributed by atoms with van der Waals surface area (Å²) in [6.45, 7) is 8.84. The highest BCUT2D eigenvalue weighted by Crippen LogP contribution is 2.34. The standard InChI is InChI=1S/C14H22N2/c1-9-8-13(15)10(2)11(3)14(9)12-4-6-16-7-5-12/h8,12,16H,4-7,15H2,1-3H3. The Kier molecular flexibility index (Phi) is 3.20. The van der Waals surface area contributed by atoms with Crippen LogP contribution in [0.5, 0.6) is 0 Å². The molecule has 0 radical (unpaired) electrons. The van der Waals surface area contributed by atoms with Crippen molar-refractivity contribution in [1.82, 2.24) is 5.32 Å². The molecule has 0 bridgehead atoms. The highest BCUT2D eigenvalue weighted by molar-refractivity contribution is 5.57. The van der Waals surface area contributed by atoms with E-state index in [2.05, 4.69) is 32.2 Å². The third-order valence-corrected chi connectivity index (χ3v) is 3.94. The second-order valence-electron chi connectivity index (χ2n) is 4.97. The van der Waals surface area contributed by atoms with Crippen molar-refractivity contribution in [2.45, 2.75) is 39.5 Å². The SMILES string of the molecule is Cc1cc(N)c(C)c(C)c1C1CCNCC1. The summed E-state index contributed by atoms with van der Waals surface area (Å²) in [6, 6.07) is 2.14. The van der Waals surface area contributed by atoms with Crippen LogP contribution < -0.4 is 11.1 Å². The lowest BCUT2D eigenvalue weighted by Crippen LogP contribution is -2.27. The van der Waals surface area contributed by atoms with Gasteiger partial charge in [0.15, 0.2) is 0 Å². The Hall–Kier alpha value is -1.02. The van der Waals surface area contributed by atoms with Gasteiger partial charge in [0.2, 0.25) is 0 Å². The number of anilines is 1. The molecule has 0 unspecified atom stereocenters. The normalized spacial score (nSPS) is 17.7. The molecule has 1 aliphatic heterocycles. The molecule has 1 heterocycles. The zero-order valence-corrected chi connectivity index (χ0v) is 10.6. The monoisotopic (exact) mass is 218 g/mol. The average Bonchev–Trinajstić information content (AvgIpc) is 2.28. The Morgan fingerprint density at radius 2 is 1.75 bits per heavy atom. The fraction of sp³-hybridized carbons (Fsp3) is 0.571. The molecule has 2 rings (SSSR count). The van der Waals surface area contributed by atoms with E-state index in [0.717, 1.165) is 24.7 Å². The second-order valence-corrected chi connectivity index (χ2v) is 4.97. The van der Waals surface area contributed by atoms with Crippen LogP contribution in [0.4, 0.5) is 5.69 Å². The molecule has 0 amide bonds. The van der Waals surface area contributed by atoms with E-state index in [4.69, 9.17) is 5.73 Å². The Bertz CT molecular complexity index is 390. The van der Waals surface area contributed by atoms with E-state index in [-0.39, 0.29) is 0 Å². The van der Waals surface area contributed by atoms with Gasteiger partial charge < -0.3 is 11.1 Å². The van der Waals surface area contributed by atoms with Gasteiger partial charge in [-0.3, -0.25) is 0 Å². The molecule has 1 aromatic rings. The van der Waals surface area contributed by atoms with E-state index in [1.54, 1.807) is 5.56 Å². The molecule has 0 aromatic heterocycles. The highest BCUT2D eigenvalue weighted by atomic mass is 14.9. The molecule has 2 nitrogen and oxygen atoms in total. The van der Waals surface area contributed by atoms with Gasteiger partial charge in [0, 0.05) is 5.69 Å². The highest BCUT2D eigenvalue weighted by Gasteiger charge is 2.20. The fourth-order valence-corrected chi connectivity index (χ4v) is 2.87. The lowest BCUT2D eigenvalue weighted by atomic mass is 9.83. The molecule has 1 aliphatic rings. The molecule has 0 aliphatic carbocycles. The van der Waals surface area contributed by atoms with Crippen molar-refractivity contribution in [2.75, 3.05) is 18.8 Å². The summed E-state index contributed by atoms with van der Waals surface area (Å²) in [5.41, 5.74) is 12.5. The third kappa shape index (κ3) is 1.94. The molecule has 0 atom stereocenters. The number of piperidine rings is 1. The van der Waals surface area contributed by atoms with Gasteiger partial charge in [0.1, 0.15) is 0 Å². The van der Waals surface area contributed by atoms with Crippen LogP contribution in [0.3, 0.4) is 0 Å². The maximum absolute atomic E-state index is 6.01. The summed E-state index contributed by atoms with van der Waals surface area (Å²) in [7, 11) is 0. The van der Waals surface area contributed by atoms with Crippen molar-refractivity contribution in [3.8, 4) is 0 Å². The lowest BCUT2D eigenvalue weighted by Gasteiger charge is -2.27. The van der Waals surface area contributed by atoms with Crippen LogP contribution in [0.2, 0.25) is 0 Å². The summed E-state index contributed by atoms with van der Waals surface area (Å²) in [4.78, 5) is 0. The zero-order valence-electron chi connectivity index (χ0n) is 10.6. The Labute approximate surface area is 98.2 Å². The van der Waals surface area contributed by atoms with Gasteiger partial charge in [-0.05, 0) is 80.9 Å². The third-order valence-electron chi connectivity index (χ3n) is 3.94. The molecule has 88 valence electrons. The maximum Gasteiger partial charge on any atom is 0.0349 e. The summed E-state index contributed by atoms with van der Waals surface area (Å²) in [5, 5.41) is 3.42. The predicted molar refractivity (Wildman–Crippen MR) is 69.9 cm³/mol. The number of nitrogens with two attached hydrogens (primary N) is 1. The van der Waals surface area contributed by atoms with Gasteiger partial charge >= 0.3 is 0 Å². The number of hydrogen-bond acceptors (Lipinski definition) is 2.